The summed E-state index contributed by atoms with van der Waals surface area (Å²) in [7, 11) is 8.14. The molecule has 3 aromatic rings. The summed E-state index contributed by atoms with van der Waals surface area (Å²) in [6.45, 7) is 0.886. The molecule has 0 saturated carbocycles. The third kappa shape index (κ3) is 4.34. The SMILES string of the molecule is CN(C(=O)C1(CC(=O)O)Cc2ccccc2C1)c1nc2cc(C[N+](C)(C)C)ccc2s1. The van der Waals surface area contributed by atoms with Gasteiger partial charge in [0.15, 0.2) is 5.13 Å². The first-order valence-corrected chi connectivity index (χ1v) is 11.1. The van der Waals surface area contributed by atoms with Crippen molar-refractivity contribution in [3.63, 3.8) is 0 Å². The number of anilines is 1. The van der Waals surface area contributed by atoms with Gasteiger partial charge in [0.05, 0.1) is 43.2 Å². The van der Waals surface area contributed by atoms with E-state index in [-0.39, 0.29) is 12.3 Å². The molecule has 6 nitrogen and oxygen atoms in total. The summed E-state index contributed by atoms with van der Waals surface area (Å²) in [4.78, 5) is 31.6. The van der Waals surface area contributed by atoms with Crippen molar-refractivity contribution in [3.05, 3.63) is 59.2 Å². The van der Waals surface area contributed by atoms with E-state index >= 15 is 0 Å². The second-order valence-electron chi connectivity index (χ2n) is 9.58. The molecule has 0 spiro atoms. The molecule has 0 unspecified atom stereocenters. The zero-order valence-corrected chi connectivity index (χ0v) is 19.2. The number of carbonyl (C=O) groups is 2. The average Bonchev–Trinajstić information content (AvgIpc) is 3.26. The molecule has 4 rings (SSSR count). The minimum Gasteiger partial charge on any atom is -0.481 e. The molecule has 1 amide bonds. The maximum atomic E-state index is 13.6. The van der Waals surface area contributed by atoms with E-state index in [2.05, 4.69) is 39.3 Å². The number of quaternary nitrogens is 1. The second-order valence-corrected chi connectivity index (χ2v) is 10.6. The highest BCUT2D eigenvalue weighted by Crippen LogP contribution is 2.42. The molecule has 1 N–H and O–H groups in total. The number of carboxylic acid groups (broad SMARTS) is 1. The summed E-state index contributed by atoms with van der Waals surface area (Å²) in [5.74, 6) is -1.14. The number of fused-ring (bicyclic) bond motifs is 2. The van der Waals surface area contributed by atoms with E-state index in [0.29, 0.717) is 18.0 Å². The van der Waals surface area contributed by atoms with Crippen molar-refractivity contribution in [2.75, 3.05) is 33.1 Å². The van der Waals surface area contributed by atoms with Crippen molar-refractivity contribution in [1.29, 1.82) is 0 Å². The molecule has 1 heterocycles. The third-order valence-electron chi connectivity index (χ3n) is 5.81. The van der Waals surface area contributed by atoms with Gasteiger partial charge in [-0.25, -0.2) is 4.98 Å². The van der Waals surface area contributed by atoms with Gasteiger partial charge in [0.25, 0.3) is 0 Å². The Kier molecular flexibility index (Phi) is 5.35. The van der Waals surface area contributed by atoms with E-state index in [4.69, 9.17) is 4.98 Å². The number of hydrogen-bond acceptors (Lipinski definition) is 4. The topological polar surface area (TPSA) is 70.5 Å². The van der Waals surface area contributed by atoms with Crippen molar-refractivity contribution in [3.8, 4) is 0 Å². The first-order chi connectivity index (χ1) is 14.6. The maximum Gasteiger partial charge on any atom is 0.304 e. The van der Waals surface area contributed by atoms with E-state index < -0.39 is 11.4 Å². The molecule has 1 aromatic heterocycles. The number of aliphatic carboxylic acids is 1. The number of rotatable bonds is 6. The molecule has 0 radical (unpaired) electrons. The Balaban J connectivity index is 1.64. The molecule has 7 heteroatoms. The van der Waals surface area contributed by atoms with Crippen molar-refractivity contribution in [2.45, 2.75) is 25.8 Å². The Morgan fingerprint density at radius 1 is 1.13 bits per heavy atom. The van der Waals surface area contributed by atoms with Gasteiger partial charge < -0.3 is 9.59 Å². The largest absolute Gasteiger partial charge is 0.481 e. The van der Waals surface area contributed by atoms with Crippen molar-refractivity contribution >= 4 is 38.6 Å². The molecule has 31 heavy (non-hydrogen) atoms. The highest BCUT2D eigenvalue weighted by atomic mass is 32.1. The molecule has 162 valence electrons. The van der Waals surface area contributed by atoms with Gasteiger partial charge in [0, 0.05) is 12.6 Å². The van der Waals surface area contributed by atoms with Crippen molar-refractivity contribution < 1.29 is 19.2 Å². The zero-order chi connectivity index (χ0) is 22.4. The third-order valence-corrected chi connectivity index (χ3v) is 6.92. The molecule has 1 aliphatic carbocycles. The Labute approximate surface area is 186 Å². The van der Waals surface area contributed by atoms with Crippen LogP contribution >= 0.6 is 11.3 Å². The van der Waals surface area contributed by atoms with Crippen LogP contribution in [0.4, 0.5) is 5.13 Å². The number of amides is 1. The highest BCUT2D eigenvalue weighted by molar-refractivity contribution is 7.22. The highest BCUT2D eigenvalue weighted by Gasteiger charge is 2.47. The maximum absolute atomic E-state index is 13.6. The van der Waals surface area contributed by atoms with Crippen LogP contribution in [0.1, 0.15) is 23.1 Å². The van der Waals surface area contributed by atoms with E-state index in [1.54, 1.807) is 11.9 Å². The van der Waals surface area contributed by atoms with Crippen LogP contribution in [0.15, 0.2) is 42.5 Å². The van der Waals surface area contributed by atoms with Gasteiger partial charge in [-0.1, -0.05) is 41.7 Å². The number of carbonyl (C=O) groups excluding carboxylic acids is 1. The number of nitrogens with zero attached hydrogens (tertiary/aromatic N) is 3. The zero-order valence-electron chi connectivity index (χ0n) is 18.4. The smallest absolute Gasteiger partial charge is 0.304 e. The number of carboxylic acids is 1. The molecule has 0 atom stereocenters. The first kappa shape index (κ1) is 21.5. The quantitative estimate of drug-likeness (QED) is 0.596. The lowest BCUT2D eigenvalue weighted by molar-refractivity contribution is -0.883. The molecule has 2 aromatic carbocycles. The summed E-state index contributed by atoms with van der Waals surface area (Å²) in [5, 5.41) is 10.2. The predicted octanol–water partition coefficient (Wildman–Crippen LogP) is 3.73. The number of hydrogen-bond donors (Lipinski definition) is 1. The fourth-order valence-corrected chi connectivity index (χ4v) is 5.43. The van der Waals surface area contributed by atoms with Gasteiger partial charge >= 0.3 is 5.97 Å². The van der Waals surface area contributed by atoms with Crippen LogP contribution < -0.4 is 4.90 Å². The molecular formula is C24H28N3O3S+. The second kappa shape index (κ2) is 7.73. The van der Waals surface area contributed by atoms with Crippen LogP contribution in [0.2, 0.25) is 0 Å². The first-order valence-electron chi connectivity index (χ1n) is 10.3. The normalized spacial score (nSPS) is 15.1. The lowest BCUT2D eigenvalue weighted by Gasteiger charge is -2.30. The summed E-state index contributed by atoms with van der Waals surface area (Å²) in [5.41, 5.74) is 3.20. The minimum absolute atomic E-state index is 0.184. The van der Waals surface area contributed by atoms with Gasteiger partial charge in [-0.3, -0.25) is 14.5 Å². The number of aromatic nitrogens is 1. The number of benzene rings is 2. The average molecular weight is 439 g/mol. The standard InChI is InChI=1S/C24H27N3O3S/c1-26(23-25-19-11-16(15-27(2,3)4)9-10-20(19)31-23)22(30)24(14-21(28)29)12-17-7-5-6-8-18(17)13-24/h5-11H,12-15H2,1-4H3/p+1. The van der Waals surface area contributed by atoms with Crippen LogP contribution in [-0.4, -0.2) is 54.6 Å². The van der Waals surface area contributed by atoms with Crippen LogP contribution in [0.25, 0.3) is 10.2 Å². The molecule has 0 saturated heterocycles. The van der Waals surface area contributed by atoms with Crippen LogP contribution in [-0.2, 0) is 29.0 Å². The lowest BCUT2D eigenvalue weighted by atomic mass is 9.80. The Bertz CT molecular complexity index is 1140. The summed E-state index contributed by atoms with van der Waals surface area (Å²) in [6.07, 6.45) is 0.692. The minimum atomic E-state index is -0.975. The Hall–Kier alpha value is -2.77. The summed E-state index contributed by atoms with van der Waals surface area (Å²) < 4.78 is 1.83. The van der Waals surface area contributed by atoms with Gasteiger partial charge in [0.2, 0.25) is 5.91 Å². The summed E-state index contributed by atoms with van der Waals surface area (Å²) >= 11 is 1.46. The predicted molar refractivity (Wildman–Crippen MR) is 123 cm³/mol. The van der Waals surface area contributed by atoms with Crippen LogP contribution in [0.3, 0.4) is 0 Å². The molecule has 0 bridgehead atoms. The van der Waals surface area contributed by atoms with Crippen molar-refractivity contribution in [1.82, 2.24) is 4.98 Å². The van der Waals surface area contributed by atoms with E-state index in [9.17, 15) is 14.7 Å². The van der Waals surface area contributed by atoms with E-state index in [1.165, 1.54) is 16.9 Å². The molecule has 1 aliphatic rings. The number of thiazole rings is 1. The van der Waals surface area contributed by atoms with Crippen LogP contribution in [0.5, 0.6) is 0 Å². The van der Waals surface area contributed by atoms with Crippen LogP contribution in [0, 0.1) is 5.41 Å². The fourth-order valence-electron chi connectivity index (χ4n) is 4.53. The monoisotopic (exact) mass is 438 g/mol. The van der Waals surface area contributed by atoms with Gasteiger partial charge in [-0.05, 0) is 36.1 Å². The van der Waals surface area contributed by atoms with E-state index in [1.807, 2.05) is 24.3 Å². The Morgan fingerprint density at radius 3 is 2.35 bits per heavy atom. The van der Waals surface area contributed by atoms with Crippen molar-refractivity contribution in [2.24, 2.45) is 5.41 Å². The summed E-state index contributed by atoms with van der Waals surface area (Å²) in [6, 6.07) is 14.1. The van der Waals surface area contributed by atoms with Gasteiger partial charge in [0.1, 0.15) is 6.54 Å². The lowest BCUT2D eigenvalue weighted by Crippen LogP contribution is -2.44. The molecule has 0 fully saturated rings. The Morgan fingerprint density at radius 2 is 1.77 bits per heavy atom. The van der Waals surface area contributed by atoms with Gasteiger partial charge in [-0.15, -0.1) is 0 Å². The van der Waals surface area contributed by atoms with Gasteiger partial charge in [-0.2, -0.15) is 0 Å². The molecule has 0 aliphatic heterocycles. The fraction of sp³-hybridized carbons (Fsp3) is 0.375. The van der Waals surface area contributed by atoms with E-state index in [0.717, 1.165) is 32.4 Å². The molecular weight excluding hydrogens is 410 g/mol.